The third-order valence-electron chi connectivity index (χ3n) is 1.89. The van der Waals surface area contributed by atoms with Crippen LogP contribution < -0.4 is 5.73 Å². The molecule has 0 saturated heterocycles. The molecule has 90 valence electrons. The first-order chi connectivity index (χ1) is 8.20. The minimum absolute atomic E-state index is 0.220. The Kier molecular flexibility index (Phi) is 3.64. The standard InChI is InChI=1S/C9H9N3O3S2/c1-14-7(13)6-5(2-3-15-6)4-16-9-12-11-8(10)17-9/h2-3H,4H2,1H3,(H2,10,11). The molecule has 2 N–H and O–H groups in total. The molecule has 0 spiro atoms. The van der Waals surface area contributed by atoms with E-state index in [1.807, 2.05) is 0 Å². The molecule has 0 fully saturated rings. The van der Waals surface area contributed by atoms with Crippen molar-refractivity contribution in [3.8, 4) is 0 Å². The van der Waals surface area contributed by atoms with Gasteiger partial charge in [-0.25, -0.2) is 4.79 Å². The number of hydrogen-bond donors (Lipinski definition) is 1. The van der Waals surface area contributed by atoms with Crippen LogP contribution in [0.15, 0.2) is 21.1 Å². The molecule has 0 aliphatic rings. The van der Waals surface area contributed by atoms with Crippen molar-refractivity contribution in [2.24, 2.45) is 0 Å². The molecule has 17 heavy (non-hydrogen) atoms. The van der Waals surface area contributed by atoms with Gasteiger partial charge in [0, 0.05) is 11.3 Å². The monoisotopic (exact) mass is 271 g/mol. The van der Waals surface area contributed by atoms with Crippen molar-refractivity contribution in [2.75, 3.05) is 12.8 Å². The number of nitrogens with zero attached hydrogens (tertiary/aromatic N) is 2. The van der Waals surface area contributed by atoms with E-state index in [1.54, 1.807) is 6.07 Å². The quantitative estimate of drug-likeness (QED) is 0.669. The van der Waals surface area contributed by atoms with Crippen molar-refractivity contribution >= 4 is 34.2 Å². The van der Waals surface area contributed by atoms with E-state index < -0.39 is 5.97 Å². The molecule has 0 radical (unpaired) electrons. The SMILES string of the molecule is COC(=O)c1occc1CSc1nnc(N)s1. The van der Waals surface area contributed by atoms with Crippen LogP contribution in [-0.4, -0.2) is 23.3 Å². The van der Waals surface area contributed by atoms with E-state index in [-0.39, 0.29) is 5.76 Å². The van der Waals surface area contributed by atoms with E-state index in [4.69, 9.17) is 10.2 Å². The zero-order valence-corrected chi connectivity index (χ0v) is 10.5. The molecule has 8 heteroatoms. The molecule has 2 aromatic heterocycles. The van der Waals surface area contributed by atoms with Crippen LogP contribution in [0, 0.1) is 0 Å². The number of anilines is 1. The Morgan fingerprint density at radius 1 is 1.65 bits per heavy atom. The molecule has 0 aliphatic heterocycles. The lowest BCUT2D eigenvalue weighted by Gasteiger charge is -1.98. The molecule has 0 aromatic carbocycles. The maximum absolute atomic E-state index is 11.3. The topological polar surface area (TPSA) is 91.2 Å². The smallest absolute Gasteiger partial charge is 0.374 e. The largest absolute Gasteiger partial charge is 0.463 e. The third-order valence-corrected chi connectivity index (χ3v) is 3.83. The van der Waals surface area contributed by atoms with Crippen LogP contribution in [-0.2, 0) is 10.5 Å². The van der Waals surface area contributed by atoms with Crippen LogP contribution in [0.5, 0.6) is 0 Å². The average Bonchev–Trinajstić information content (AvgIpc) is 2.94. The fraction of sp³-hybridized carbons (Fsp3) is 0.222. The summed E-state index contributed by atoms with van der Waals surface area (Å²) in [5.41, 5.74) is 6.23. The van der Waals surface area contributed by atoms with E-state index in [0.717, 1.165) is 9.90 Å². The Hall–Kier alpha value is -1.54. The van der Waals surface area contributed by atoms with Gasteiger partial charge < -0.3 is 14.9 Å². The molecule has 6 nitrogen and oxygen atoms in total. The van der Waals surface area contributed by atoms with Crippen LogP contribution in [0.2, 0.25) is 0 Å². The Balaban J connectivity index is 2.04. The first-order valence-corrected chi connectivity index (χ1v) is 6.37. The van der Waals surface area contributed by atoms with Crippen molar-refractivity contribution in [1.29, 1.82) is 0 Å². The number of carbonyl (C=O) groups excluding carboxylic acids is 1. The Morgan fingerprint density at radius 3 is 3.12 bits per heavy atom. The maximum Gasteiger partial charge on any atom is 0.374 e. The summed E-state index contributed by atoms with van der Waals surface area (Å²) in [6.07, 6.45) is 1.45. The Labute approximate surface area is 105 Å². The fourth-order valence-electron chi connectivity index (χ4n) is 1.14. The highest BCUT2D eigenvalue weighted by Gasteiger charge is 2.16. The molecule has 0 atom stereocenters. The molecule has 0 aliphatic carbocycles. The summed E-state index contributed by atoms with van der Waals surface area (Å²) in [6.45, 7) is 0. The first kappa shape index (κ1) is 11.9. The molecule has 2 aromatic rings. The van der Waals surface area contributed by atoms with Crippen molar-refractivity contribution in [2.45, 2.75) is 10.1 Å². The van der Waals surface area contributed by atoms with Crippen LogP contribution >= 0.6 is 23.1 Å². The normalized spacial score (nSPS) is 10.4. The summed E-state index contributed by atoms with van der Waals surface area (Å²) < 4.78 is 10.4. The van der Waals surface area contributed by atoms with Crippen LogP contribution in [0.4, 0.5) is 5.13 Å². The van der Waals surface area contributed by atoms with Gasteiger partial charge in [-0.15, -0.1) is 10.2 Å². The van der Waals surface area contributed by atoms with Crippen molar-refractivity contribution in [1.82, 2.24) is 10.2 Å². The zero-order valence-electron chi connectivity index (χ0n) is 8.87. The summed E-state index contributed by atoms with van der Waals surface area (Å²) in [5.74, 6) is 0.287. The third kappa shape index (κ3) is 2.77. The van der Waals surface area contributed by atoms with E-state index in [0.29, 0.717) is 10.9 Å². The second-order valence-electron chi connectivity index (χ2n) is 2.96. The van der Waals surface area contributed by atoms with Crippen molar-refractivity contribution in [3.05, 3.63) is 23.7 Å². The number of thioether (sulfide) groups is 1. The number of ether oxygens (including phenoxy) is 1. The van der Waals surface area contributed by atoms with Gasteiger partial charge in [0.1, 0.15) is 0 Å². The maximum atomic E-state index is 11.3. The highest BCUT2D eigenvalue weighted by molar-refractivity contribution is 8.00. The van der Waals surface area contributed by atoms with E-state index >= 15 is 0 Å². The summed E-state index contributed by atoms with van der Waals surface area (Å²) >= 11 is 2.74. The van der Waals surface area contributed by atoms with Crippen molar-refractivity contribution < 1.29 is 13.9 Å². The fourth-order valence-corrected chi connectivity index (χ4v) is 2.76. The van der Waals surface area contributed by atoms with Gasteiger partial charge in [-0.1, -0.05) is 23.1 Å². The second kappa shape index (κ2) is 5.19. The number of nitrogens with two attached hydrogens (primary N) is 1. The number of rotatable bonds is 4. The van der Waals surface area contributed by atoms with Crippen LogP contribution in [0.3, 0.4) is 0 Å². The summed E-state index contributed by atoms with van der Waals surface area (Å²) in [6, 6.07) is 1.73. The molecule has 2 rings (SSSR count). The molecule has 0 unspecified atom stereocenters. The number of methoxy groups -OCH3 is 1. The molecule has 0 saturated carbocycles. The molecule has 0 bridgehead atoms. The molecule has 0 amide bonds. The Morgan fingerprint density at radius 2 is 2.47 bits per heavy atom. The van der Waals surface area contributed by atoms with Crippen LogP contribution in [0.1, 0.15) is 16.1 Å². The van der Waals surface area contributed by atoms with Crippen molar-refractivity contribution in [3.63, 3.8) is 0 Å². The molecular weight excluding hydrogens is 262 g/mol. The van der Waals surface area contributed by atoms with Crippen LogP contribution in [0.25, 0.3) is 0 Å². The Bertz CT molecular complexity index is 523. The summed E-state index contributed by atoms with van der Waals surface area (Å²) in [4.78, 5) is 11.3. The van der Waals surface area contributed by atoms with Gasteiger partial charge in [0.2, 0.25) is 10.9 Å². The highest BCUT2D eigenvalue weighted by Crippen LogP contribution is 2.28. The molecular formula is C9H9N3O3S2. The average molecular weight is 271 g/mol. The number of hydrogen-bond acceptors (Lipinski definition) is 8. The number of aromatic nitrogens is 2. The lowest BCUT2D eigenvalue weighted by atomic mass is 10.3. The second-order valence-corrected chi connectivity index (χ2v) is 5.19. The highest BCUT2D eigenvalue weighted by atomic mass is 32.2. The van der Waals surface area contributed by atoms with Gasteiger partial charge in [0.15, 0.2) is 4.34 Å². The van der Waals surface area contributed by atoms with E-state index in [9.17, 15) is 4.79 Å². The first-order valence-electron chi connectivity index (χ1n) is 4.57. The van der Waals surface area contributed by atoms with Gasteiger partial charge in [-0.2, -0.15) is 0 Å². The number of carbonyl (C=O) groups is 1. The van der Waals surface area contributed by atoms with E-state index in [2.05, 4.69) is 14.9 Å². The van der Waals surface area contributed by atoms with Gasteiger partial charge in [0.25, 0.3) is 0 Å². The number of nitrogen functional groups attached to an aromatic ring is 1. The number of esters is 1. The van der Waals surface area contributed by atoms with Gasteiger partial charge in [-0.3, -0.25) is 0 Å². The lowest BCUT2D eigenvalue weighted by molar-refractivity contribution is 0.0564. The van der Waals surface area contributed by atoms with Gasteiger partial charge in [0.05, 0.1) is 13.4 Å². The van der Waals surface area contributed by atoms with Gasteiger partial charge in [-0.05, 0) is 6.07 Å². The van der Waals surface area contributed by atoms with E-state index in [1.165, 1.54) is 36.5 Å². The summed E-state index contributed by atoms with van der Waals surface area (Å²) in [5, 5.41) is 7.99. The zero-order chi connectivity index (χ0) is 12.3. The predicted molar refractivity (Wildman–Crippen MR) is 63.9 cm³/mol. The minimum Gasteiger partial charge on any atom is -0.463 e. The predicted octanol–water partition coefficient (Wildman–Crippen LogP) is 1.79. The lowest BCUT2D eigenvalue weighted by Crippen LogP contribution is -2.02. The number of furan rings is 1. The molecule has 2 heterocycles. The minimum atomic E-state index is -0.484. The summed E-state index contributed by atoms with van der Waals surface area (Å²) in [7, 11) is 1.31. The van der Waals surface area contributed by atoms with Gasteiger partial charge >= 0.3 is 5.97 Å².